The van der Waals surface area contributed by atoms with Crippen LogP contribution in [0.25, 0.3) is 0 Å². The number of hydrogen-bond acceptors (Lipinski definition) is 4. The minimum Gasteiger partial charge on any atom is -0.334 e. The number of fused-ring (bicyclic) bond motifs is 3. The van der Waals surface area contributed by atoms with Gasteiger partial charge in [-0.15, -0.1) is 0 Å². The Morgan fingerprint density at radius 3 is 2.74 bits per heavy atom. The Hall–Kier alpha value is -0.910. The third kappa shape index (κ3) is 2.42. The summed E-state index contributed by atoms with van der Waals surface area (Å²) in [4.78, 5) is 9.84. The van der Waals surface area contributed by atoms with E-state index >= 15 is 0 Å². The topological polar surface area (TPSA) is 36.3 Å². The lowest BCUT2D eigenvalue weighted by Gasteiger charge is -2.49. The van der Waals surface area contributed by atoms with Crippen LogP contribution in [0, 0.1) is 0 Å². The molecule has 3 aliphatic rings. The molecule has 5 nitrogen and oxygen atoms in total. The van der Waals surface area contributed by atoms with Gasteiger partial charge < -0.3 is 9.88 Å². The van der Waals surface area contributed by atoms with Crippen molar-refractivity contribution in [1.29, 1.82) is 0 Å². The highest BCUT2D eigenvalue weighted by molar-refractivity contribution is 5.07. The summed E-state index contributed by atoms with van der Waals surface area (Å²) < 4.78 is 2.31. The number of piperazine rings is 3. The largest absolute Gasteiger partial charge is 0.334 e. The molecule has 1 aromatic rings. The molecule has 0 saturated carbocycles. The maximum Gasteiger partial charge on any atom is 0.127 e. The molecule has 2 unspecified atom stereocenters. The van der Waals surface area contributed by atoms with E-state index in [-0.39, 0.29) is 0 Å². The van der Waals surface area contributed by atoms with Crippen molar-refractivity contribution in [2.75, 3.05) is 39.8 Å². The molecular formula is C14H25N5. The van der Waals surface area contributed by atoms with E-state index in [0.29, 0.717) is 12.1 Å². The van der Waals surface area contributed by atoms with Crippen molar-refractivity contribution in [3.05, 3.63) is 18.2 Å². The van der Waals surface area contributed by atoms with Crippen LogP contribution in [0.4, 0.5) is 0 Å². The normalized spacial score (nSPS) is 31.6. The van der Waals surface area contributed by atoms with Gasteiger partial charge >= 0.3 is 0 Å². The first kappa shape index (κ1) is 13.1. The summed E-state index contributed by atoms with van der Waals surface area (Å²) in [5.74, 6) is 1.20. The van der Waals surface area contributed by atoms with Gasteiger partial charge in [0.2, 0.25) is 0 Å². The Kier molecular flexibility index (Phi) is 3.86. The minimum absolute atomic E-state index is 0.338. The first-order chi connectivity index (χ1) is 9.33. The number of aryl methyl sites for hydroxylation is 1. The summed E-state index contributed by atoms with van der Waals surface area (Å²) in [6.07, 6.45) is 5.20. The van der Waals surface area contributed by atoms with Gasteiger partial charge in [-0.2, -0.15) is 0 Å². The lowest BCUT2D eigenvalue weighted by atomic mass is 9.99. The van der Waals surface area contributed by atoms with Crippen LogP contribution in [0.15, 0.2) is 12.4 Å². The molecule has 3 saturated heterocycles. The maximum absolute atomic E-state index is 4.62. The molecule has 0 amide bonds. The fourth-order valence-corrected chi connectivity index (χ4v) is 3.50. The molecule has 0 spiro atoms. The molecule has 1 N–H and O–H groups in total. The highest BCUT2D eigenvalue weighted by atomic mass is 15.4. The third-order valence-electron chi connectivity index (χ3n) is 4.51. The summed E-state index contributed by atoms with van der Waals surface area (Å²) in [5, 5.41) is 3.51. The molecule has 0 aromatic carbocycles. The molecule has 3 aliphatic heterocycles. The molecule has 2 bridgehead atoms. The predicted octanol–water partition coefficient (Wildman–Crippen LogP) is 0.553. The van der Waals surface area contributed by atoms with Crippen molar-refractivity contribution < 1.29 is 0 Å². The van der Waals surface area contributed by atoms with Gasteiger partial charge in [-0.25, -0.2) is 4.98 Å². The van der Waals surface area contributed by atoms with Gasteiger partial charge in [-0.1, -0.05) is 6.92 Å². The summed E-state index contributed by atoms with van der Waals surface area (Å²) >= 11 is 0. The highest BCUT2D eigenvalue weighted by Crippen LogP contribution is 2.26. The van der Waals surface area contributed by atoms with Gasteiger partial charge in [-0.05, 0) is 13.5 Å². The van der Waals surface area contributed by atoms with Gasteiger partial charge in [0.15, 0.2) is 0 Å². The maximum atomic E-state index is 4.62. The number of imidazole rings is 1. The second kappa shape index (κ2) is 5.61. The van der Waals surface area contributed by atoms with Gasteiger partial charge in [0, 0.05) is 57.7 Å². The molecule has 1 aromatic heterocycles. The van der Waals surface area contributed by atoms with Crippen LogP contribution in [0.2, 0.25) is 0 Å². The van der Waals surface area contributed by atoms with Crippen molar-refractivity contribution in [3.63, 3.8) is 0 Å². The first-order valence-electron chi connectivity index (χ1n) is 7.48. The molecule has 19 heavy (non-hydrogen) atoms. The molecule has 4 rings (SSSR count). The Labute approximate surface area is 115 Å². The smallest absolute Gasteiger partial charge is 0.127 e. The Bertz CT molecular complexity index is 408. The summed E-state index contributed by atoms with van der Waals surface area (Å²) in [6, 6.07) is 0.898. The fourth-order valence-electron chi connectivity index (χ4n) is 3.50. The molecule has 3 fully saturated rings. The number of nitrogens with one attached hydrogen (secondary N) is 1. The SMILES string of the molecule is CCCn1ccnc1C(NC)C1CN2CCN1CC2. The lowest BCUT2D eigenvalue weighted by Crippen LogP contribution is -2.64. The van der Waals surface area contributed by atoms with E-state index in [2.05, 4.69) is 44.8 Å². The van der Waals surface area contributed by atoms with Crippen LogP contribution in [0.5, 0.6) is 0 Å². The lowest BCUT2D eigenvalue weighted by molar-refractivity contribution is -0.00434. The third-order valence-corrected chi connectivity index (χ3v) is 4.51. The second-order valence-corrected chi connectivity index (χ2v) is 5.65. The van der Waals surface area contributed by atoms with Gasteiger partial charge in [0.1, 0.15) is 5.82 Å². The Balaban J connectivity index is 1.82. The average molecular weight is 263 g/mol. The standard InChI is InChI=1S/C14H25N5/c1-3-5-19-6-4-16-14(19)13(15-2)12-11-17-7-9-18(12)10-8-17/h4,6,12-13,15H,3,5,7-11H2,1-2H3. The number of nitrogens with zero attached hydrogens (tertiary/aromatic N) is 4. The molecule has 5 heteroatoms. The molecule has 0 aliphatic carbocycles. The van der Waals surface area contributed by atoms with E-state index in [0.717, 1.165) is 13.0 Å². The summed E-state index contributed by atoms with van der Waals surface area (Å²) in [5.41, 5.74) is 0. The number of hydrogen-bond donors (Lipinski definition) is 1. The zero-order valence-electron chi connectivity index (χ0n) is 12.0. The van der Waals surface area contributed by atoms with Gasteiger partial charge in [0.25, 0.3) is 0 Å². The Morgan fingerprint density at radius 2 is 2.16 bits per heavy atom. The van der Waals surface area contributed by atoms with E-state index in [1.54, 1.807) is 0 Å². The molecular weight excluding hydrogens is 238 g/mol. The van der Waals surface area contributed by atoms with Crippen molar-refractivity contribution in [2.45, 2.75) is 32.0 Å². The van der Waals surface area contributed by atoms with E-state index in [1.165, 1.54) is 38.5 Å². The zero-order chi connectivity index (χ0) is 13.2. The van der Waals surface area contributed by atoms with Crippen LogP contribution in [-0.4, -0.2) is 65.2 Å². The number of likely N-dealkylation sites (N-methyl/N-ethyl adjacent to an activating group) is 1. The van der Waals surface area contributed by atoms with Crippen LogP contribution in [0.1, 0.15) is 25.2 Å². The second-order valence-electron chi connectivity index (χ2n) is 5.65. The van der Waals surface area contributed by atoms with Crippen molar-refractivity contribution >= 4 is 0 Å². The van der Waals surface area contributed by atoms with Crippen LogP contribution < -0.4 is 5.32 Å². The van der Waals surface area contributed by atoms with Crippen LogP contribution >= 0.6 is 0 Å². The van der Waals surface area contributed by atoms with E-state index in [1.807, 2.05) is 6.20 Å². The quantitative estimate of drug-likeness (QED) is 0.842. The molecule has 4 heterocycles. The summed E-state index contributed by atoms with van der Waals surface area (Å²) in [7, 11) is 2.06. The number of aromatic nitrogens is 2. The molecule has 106 valence electrons. The van der Waals surface area contributed by atoms with Crippen molar-refractivity contribution in [2.24, 2.45) is 0 Å². The van der Waals surface area contributed by atoms with Gasteiger partial charge in [-0.3, -0.25) is 9.80 Å². The van der Waals surface area contributed by atoms with Crippen molar-refractivity contribution in [1.82, 2.24) is 24.7 Å². The Morgan fingerprint density at radius 1 is 1.37 bits per heavy atom. The first-order valence-corrected chi connectivity index (χ1v) is 7.48. The summed E-state index contributed by atoms with van der Waals surface area (Å²) in [6.45, 7) is 9.33. The highest BCUT2D eigenvalue weighted by Gasteiger charge is 2.38. The van der Waals surface area contributed by atoms with Crippen LogP contribution in [-0.2, 0) is 6.54 Å². The molecule has 0 radical (unpaired) electrons. The zero-order valence-corrected chi connectivity index (χ0v) is 12.0. The van der Waals surface area contributed by atoms with Crippen LogP contribution in [0.3, 0.4) is 0 Å². The minimum atomic E-state index is 0.338. The predicted molar refractivity (Wildman–Crippen MR) is 76.1 cm³/mol. The number of rotatable bonds is 5. The van der Waals surface area contributed by atoms with E-state index in [4.69, 9.17) is 0 Å². The fraction of sp³-hybridized carbons (Fsp3) is 0.786. The average Bonchev–Trinajstić information content (AvgIpc) is 2.90. The van der Waals surface area contributed by atoms with Gasteiger partial charge in [0.05, 0.1) is 6.04 Å². The monoisotopic (exact) mass is 263 g/mol. The van der Waals surface area contributed by atoms with E-state index in [9.17, 15) is 0 Å². The molecule has 2 atom stereocenters. The van der Waals surface area contributed by atoms with E-state index < -0.39 is 0 Å². The van der Waals surface area contributed by atoms with Crippen molar-refractivity contribution in [3.8, 4) is 0 Å².